The van der Waals surface area contributed by atoms with E-state index in [1.807, 2.05) is 0 Å². The SMILES string of the molecule is CC1=C(C)C(=O)C(CCCCCCCC(F)(F)F)=C(C)C1=O. The maximum atomic E-state index is 12.2. The van der Waals surface area contributed by atoms with Crippen LogP contribution in [0.1, 0.15) is 65.7 Å². The summed E-state index contributed by atoms with van der Waals surface area (Å²) in [5, 5.41) is 0. The average Bonchev–Trinajstić information content (AvgIpc) is 2.44. The Morgan fingerprint density at radius 2 is 1.23 bits per heavy atom. The van der Waals surface area contributed by atoms with Gasteiger partial charge in [-0.05, 0) is 40.0 Å². The lowest BCUT2D eigenvalue weighted by atomic mass is 9.84. The van der Waals surface area contributed by atoms with E-state index in [0.29, 0.717) is 35.1 Å². The third-order valence-corrected chi connectivity index (χ3v) is 4.20. The Morgan fingerprint density at radius 3 is 1.82 bits per heavy atom. The number of ketones is 2. The summed E-state index contributed by atoms with van der Waals surface area (Å²) in [7, 11) is 0. The number of Topliss-reactive ketones (excluding diaryl/α,β-unsaturated/α-hetero) is 2. The first-order valence-electron chi connectivity index (χ1n) is 7.68. The van der Waals surface area contributed by atoms with Gasteiger partial charge in [-0.3, -0.25) is 9.59 Å². The molecule has 0 aromatic carbocycles. The summed E-state index contributed by atoms with van der Waals surface area (Å²) >= 11 is 0. The molecular formula is C17H23F3O2. The zero-order valence-electron chi connectivity index (χ0n) is 13.4. The van der Waals surface area contributed by atoms with Crippen molar-refractivity contribution in [3.05, 3.63) is 22.3 Å². The van der Waals surface area contributed by atoms with Gasteiger partial charge in [0, 0.05) is 28.7 Å². The third kappa shape index (κ3) is 5.11. The second-order valence-corrected chi connectivity index (χ2v) is 5.89. The van der Waals surface area contributed by atoms with Crippen LogP contribution < -0.4 is 0 Å². The fourth-order valence-corrected chi connectivity index (χ4v) is 2.61. The normalized spacial score (nSPS) is 16.8. The third-order valence-electron chi connectivity index (χ3n) is 4.20. The van der Waals surface area contributed by atoms with Gasteiger partial charge in [-0.15, -0.1) is 0 Å². The lowest BCUT2D eigenvalue weighted by Gasteiger charge is -2.18. The zero-order chi connectivity index (χ0) is 16.9. The van der Waals surface area contributed by atoms with Gasteiger partial charge in [0.05, 0.1) is 0 Å². The molecule has 0 aliphatic heterocycles. The molecule has 5 heteroatoms. The van der Waals surface area contributed by atoms with Crippen molar-refractivity contribution in [1.82, 2.24) is 0 Å². The van der Waals surface area contributed by atoms with E-state index in [-0.39, 0.29) is 18.0 Å². The molecule has 0 bridgehead atoms. The summed E-state index contributed by atoms with van der Waals surface area (Å²) in [5.41, 5.74) is 2.11. The summed E-state index contributed by atoms with van der Waals surface area (Å²) < 4.78 is 36.0. The molecule has 1 aliphatic carbocycles. The standard InChI is InChI=1S/C17H23F3O2/c1-11-12(2)16(22)14(13(3)15(11)21)9-7-5-4-6-8-10-17(18,19)20/h4-10H2,1-3H3. The summed E-state index contributed by atoms with van der Waals surface area (Å²) in [6.07, 6.45) is -1.35. The number of allylic oxidation sites excluding steroid dienone is 4. The van der Waals surface area contributed by atoms with E-state index in [2.05, 4.69) is 0 Å². The van der Waals surface area contributed by atoms with Crippen LogP contribution in [-0.4, -0.2) is 17.7 Å². The van der Waals surface area contributed by atoms with Crippen molar-refractivity contribution in [1.29, 1.82) is 0 Å². The number of rotatable bonds is 7. The molecule has 0 spiro atoms. The van der Waals surface area contributed by atoms with Gasteiger partial charge in [-0.1, -0.05) is 19.3 Å². The Bertz CT molecular complexity index is 510. The van der Waals surface area contributed by atoms with Gasteiger partial charge in [-0.25, -0.2) is 0 Å². The van der Waals surface area contributed by atoms with Crippen LogP contribution in [0.3, 0.4) is 0 Å². The predicted molar refractivity (Wildman–Crippen MR) is 79.5 cm³/mol. The number of hydrogen-bond acceptors (Lipinski definition) is 2. The van der Waals surface area contributed by atoms with E-state index in [1.165, 1.54) is 0 Å². The topological polar surface area (TPSA) is 34.1 Å². The van der Waals surface area contributed by atoms with Crippen molar-refractivity contribution in [2.75, 3.05) is 0 Å². The molecule has 0 fully saturated rings. The number of unbranched alkanes of at least 4 members (excludes halogenated alkanes) is 4. The molecule has 0 atom stereocenters. The molecule has 0 unspecified atom stereocenters. The second-order valence-electron chi connectivity index (χ2n) is 5.89. The largest absolute Gasteiger partial charge is 0.389 e. The maximum Gasteiger partial charge on any atom is 0.389 e. The van der Waals surface area contributed by atoms with E-state index in [9.17, 15) is 22.8 Å². The molecule has 124 valence electrons. The summed E-state index contributed by atoms with van der Waals surface area (Å²) in [6.45, 7) is 5.00. The average molecular weight is 316 g/mol. The summed E-state index contributed by atoms with van der Waals surface area (Å²) in [4.78, 5) is 24.2. The number of carbonyl (C=O) groups is 2. The lowest BCUT2D eigenvalue weighted by Crippen LogP contribution is -2.20. The Hall–Kier alpha value is -1.39. The van der Waals surface area contributed by atoms with Gasteiger partial charge in [0.1, 0.15) is 0 Å². The molecule has 0 saturated heterocycles. The molecule has 0 saturated carbocycles. The highest BCUT2D eigenvalue weighted by Crippen LogP contribution is 2.28. The molecule has 0 radical (unpaired) electrons. The highest BCUT2D eigenvalue weighted by molar-refractivity contribution is 6.24. The van der Waals surface area contributed by atoms with Crippen LogP contribution in [0, 0.1) is 0 Å². The minimum Gasteiger partial charge on any atom is -0.289 e. The molecular weight excluding hydrogens is 293 g/mol. The van der Waals surface area contributed by atoms with Crippen LogP contribution in [0.2, 0.25) is 0 Å². The Kier molecular flexibility index (Phi) is 6.57. The smallest absolute Gasteiger partial charge is 0.289 e. The minimum absolute atomic E-state index is 0.0633. The number of hydrogen-bond donors (Lipinski definition) is 0. The first-order valence-corrected chi connectivity index (χ1v) is 7.68. The Balaban J connectivity index is 2.36. The first-order chi connectivity index (χ1) is 10.1. The van der Waals surface area contributed by atoms with Crippen LogP contribution in [0.5, 0.6) is 0 Å². The molecule has 0 N–H and O–H groups in total. The molecule has 1 aliphatic rings. The van der Waals surface area contributed by atoms with Gasteiger partial charge in [0.2, 0.25) is 0 Å². The highest BCUT2D eigenvalue weighted by atomic mass is 19.4. The van der Waals surface area contributed by atoms with E-state index in [1.54, 1.807) is 20.8 Å². The van der Waals surface area contributed by atoms with E-state index in [4.69, 9.17) is 0 Å². The van der Waals surface area contributed by atoms with Crippen LogP contribution >= 0.6 is 0 Å². The van der Waals surface area contributed by atoms with Crippen molar-refractivity contribution in [2.24, 2.45) is 0 Å². The van der Waals surface area contributed by atoms with Gasteiger partial charge in [0.15, 0.2) is 11.6 Å². The zero-order valence-corrected chi connectivity index (χ0v) is 13.4. The number of halogens is 3. The molecule has 2 nitrogen and oxygen atoms in total. The molecule has 0 amide bonds. The number of carbonyl (C=O) groups excluding carboxylic acids is 2. The van der Waals surface area contributed by atoms with Gasteiger partial charge in [0.25, 0.3) is 0 Å². The Morgan fingerprint density at radius 1 is 0.727 bits per heavy atom. The number of alkyl halides is 3. The van der Waals surface area contributed by atoms with Crippen molar-refractivity contribution < 1.29 is 22.8 Å². The van der Waals surface area contributed by atoms with Crippen molar-refractivity contribution in [3.63, 3.8) is 0 Å². The summed E-state index contributed by atoms with van der Waals surface area (Å²) in [5.74, 6) is -0.135. The van der Waals surface area contributed by atoms with Gasteiger partial charge < -0.3 is 0 Å². The van der Waals surface area contributed by atoms with Crippen LogP contribution in [0.4, 0.5) is 13.2 Å². The van der Waals surface area contributed by atoms with Crippen LogP contribution in [-0.2, 0) is 9.59 Å². The fraction of sp³-hybridized carbons (Fsp3) is 0.647. The van der Waals surface area contributed by atoms with E-state index >= 15 is 0 Å². The second kappa shape index (κ2) is 7.75. The van der Waals surface area contributed by atoms with E-state index in [0.717, 1.165) is 19.3 Å². The lowest BCUT2D eigenvalue weighted by molar-refractivity contribution is -0.135. The van der Waals surface area contributed by atoms with Crippen molar-refractivity contribution in [3.8, 4) is 0 Å². The maximum absolute atomic E-state index is 12.2. The molecule has 1 rings (SSSR count). The molecule has 0 heterocycles. The summed E-state index contributed by atoms with van der Waals surface area (Å²) in [6, 6.07) is 0. The molecule has 0 aromatic rings. The monoisotopic (exact) mass is 316 g/mol. The Labute approximate surface area is 129 Å². The van der Waals surface area contributed by atoms with E-state index < -0.39 is 12.6 Å². The fourth-order valence-electron chi connectivity index (χ4n) is 2.61. The van der Waals surface area contributed by atoms with Gasteiger partial charge >= 0.3 is 6.18 Å². The van der Waals surface area contributed by atoms with Crippen LogP contribution in [0.25, 0.3) is 0 Å². The predicted octanol–water partition coefficient (Wildman–Crippen LogP) is 5.08. The van der Waals surface area contributed by atoms with Crippen LogP contribution in [0.15, 0.2) is 22.3 Å². The highest BCUT2D eigenvalue weighted by Gasteiger charge is 2.27. The molecule has 0 aromatic heterocycles. The van der Waals surface area contributed by atoms with Gasteiger partial charge in [-0.2, -0.15) is 13.2 Å². The first kappa shape index (κ1) is 18.7. The quantitative estimate of drug-likeness (QED) is 0.484. The minimum atomic E-state index is -4.07. The van der Waals surface area contributed by atoms with Crippen molar-refractivity contribution >= 4 is 11.6 Å². The van der Waals surface area contributed by atoms with Crippen molar-refractivity contribution in [2.45, 2.75) is 71.9 Å². The molecule has 22 heavy (non-hydrogen) atoms.